The number of hydrogen-bond donors (Lipinski definition) is 2. The second kappa shape index (κ2) is 8.21. The van der Waals surface area contributed by atoms with Crippen LogP contribution in [0, 0.1) is 0 Å². The number of H-pyrrole nitrogens is 1. The van der Waals surface area contributed by atoms with Crippen LogP contribution in [-0.4, -0.2) is 31.0 Å². The van der Waals surface area contributed by atoms with E-state index in [-0.39, 0.29) is 17.9 Å². The Labute approximate surface area is 152 Å². The van der Waals surface area contributed by atoms with E-state index in [9.17, 15) is 9.59 Å². The molecule has 0 saturated heterocycles. The minimum absolute atomic E-state index is 0.181. The molecule has 0 spiro atoms. The van der Waals surface area contributed by atoms with Crippen molar-refractivity contribution < 1.29 is 4.79 Å². The number of anilines is 1. The number of thioether (sulfide) groups is 1. The summed E-state index contributed by atoms with van der Waals surface area (Å²) in [4.78, 5) is 35.4. The summed E-state index contributed by atoms with van der Waals surface area (Å²) in [5.41, 5.74) is 0.436. The van der Waals surface area contributed by atoms with Crippen LogP contribution in [0.15, 0.2) is 34.2 Å². The quantitative estimate of drug-likeness (QED) is 0.616. The van der Waals surface area contributed by atoms with Gasteiger partial charge < -0.3 is 10.3 Å². The van der Waals surface area contributed by atoms with Crippen molar-refractivity contribution in [2.45, 2.75) is 31.3 Å². The lowest BCUT2D eigenvalue weighted by molar-refractivity contribution is -0.116. The highest BCUT2D eigenvalue weighted by atomic mass is 32.2. The van der Waals surface area contributed by atoms with Gasteiger partial charge in [0.1, 0.15) is 5.82 Å². The molecule has 130 valence electrons. The summed E-state index contributed by atoms with van der Waals surface area (Å²) in [6.45, 7) is 2.09. The molecule has 9 heteroatoms. The summed E-state index contributed by atoms with van der Waals surface area (Å²) < 4.78 is 4.19. The van der Waals surface area contributed by atoms with Crippen molar-refractivity contribution >= 4 is 45.2 Å². The summed E-state index contributed by atoms with van der Waals surface area (Å²) in [5, 5.41) is 4.45. The molecule has 0 aliphatic rings. The van der Waals surface area contributed by atoms with Crippen LogP contribution < -0.4 is 10.9 Å². The van der Waals surface area contributed by atoms with E-state index in [1.54, 1.807) is 30.0 Å². The average Bonchev–Trinajstić information content (AvgIpc) is 3.05. The number of hydrogen-bond acceptors (Lipinski definition) is 7. The molecule has 2 heterocycles. The van der Waals surface area contributed by atoms with E-state index in [4.69, 9.17) is 0 Å². The van der Waals surface area contributed by atoms with Gasteiger partial charge in [0.25, 0.3) is 5.56 Å². The highest BCUT2D eigenvalue weighted by Gasteiger charge is 2.10. The first kappa shape index (κ1) is 17.6. The van der Waals surface area contributed by atoms with Gasteiger partial charge in [0, 0.05) is 30.1 Å². The van der Waals surface area contributed by atoms with E-state index in [2.05, 4.69) is 31.6 Å². The SMILES string of the molecule is CCCSc1nsc(NC(=O)CCc2nc3ccccc3c(=O)[nH]2)n1. The van der Waals surface area contributed by atoms with Gasteiger partial charge in [0.05, 0.1) is 10.9 Å². The largest absolute Gasteiger partial charge is 0.310 e. The predicted molar refractivity (Wildman–Crippen MR) is 100 cm³/mol. The van der Waals surface area contributed by atoms with Crippen LogP contribution in [0.1, 0.15) is 25.6 Å². The topological polar surface area (TPSA) is 101 Å². The van der Waals surface area contributed by atoms with Crippen LogP contribution in [0.4, 0.5) is 5.13 Å². The molecule has 1 amide bonds. The highest BCUT2D eigenvalue weighted by molar-refractivity contribution is 7.99. The van der Waals surface area contributed by atoms with Crippen LogP contribution in [-0.2, 0) is 11.2 Å². The average molecular weight is 375 g/mol. The Kier molecular flexibility index (Phi) is 5.77. The summed E-state index contributed by atoms with van der Waals surface area (Å²) in [6.07, 6.45) is 1.60. The number of carbonyl (C=O) groups excluding carboxylic acids is 1. The molecule has 0 aliphatic heterocycles. The van der Waals surface area contributed by atoms with Crippen LogP contribution in [0.5, 0.6) is 0 Å². The van der Waals surface area contributed by atoms with E-state index < -0.39 is 0 Å². The molecule has 3 aromatic rings. The van der Waals surface area contributed by atoms with Crippen LogP contribution in [0.2, 0.25) is 0 Å². The third kappa shape index (κ3) is 4.64. The predicted octanol–water partition coefficient (Wildman–Crippen LogP) is 2.85. The molecular formula is C16H17N5O2S2. The molecule has 0 fully saturated rings. The van der Waals surface area contributed by atoms with Gasteiger partial charge in [-0.1, -0.05) is 30.8 Å². The lowest BCUT2D eigenvalue weighted by Crippen LogP contribution is -2.16. The third-order valence-corrected chi connectivity index (χ3v) is 5.14. The maximum atomic E-state index is 12.1. The molecule has 0 aliphatic carbocycles. The van der Waals surface area contributed by atoms with Crippen LogP contribution in [0.3, 0.4) is 0 Å². The minimum Gasteiger partial charge on any atom is -0.310 e. The second-order valence-corrected chi connectivity index (χ2v) is 7.12. The Balaban J connectivity index is 1.59. The van der Waals surface area contributed by atoms with Crippen LogP contribution >= 0.6 is 23.3 Å². The summed E-state index contributed by atoms with van der Waals surface area (Å²) >= 11 is 2.74. The van der Waals surface area contributed by atoms with Crippen molar-refractivity contribution in [3.05, 3.63) is 40.4 Å². The van der Waals surface area contributed by atoms with Crippen molar-refractivity contribution in [2.24, 2.45) is 0 Å². The van der Waals surface area contributed by atoms with Gasteiger partial charge in [-0.15, -0.1) is 0 Å². The van der Waals surface area contributed by atoms with Gasteiger partial charge in [0.15, 0.2) is 0 Å². The molecule has 0 atom stereocenters. The number of rotatable bonds is 7. The highest BCUT2D eigenvalue weighted by Crippen LogP contribution is 2.20. The molecule has 2 N–H and O–H groups in total. The normalized spacial score (nSPS) is 10.9. The molecule has 2 aromatic heterocycles. The van der Waals surface area contributed by atoms with Gasteiger partial charge in [-0.25, -0.2) is 4.98 Å². The Morgan fingerprint density at radius 3 is 3.00 bits per heavy atom. The molecule has 7 nitrogen and oxygen atoms in total. The first-order valence-electron chi connectivity index (χ1n) is 7.90. The van der Waals surface area contributed by atoms with E-state index >= 15 is 0 Å². The van der Waals surface area contributed by atoms with Gasteiger partial charge in [-0.3, -0.25) is 9.59 Å². The standard InChI is InChI=1S/C16H17N5O2S2/c1-2-9-24-16-20-15(25-21-16)19-13(22)8-7-12-17-11-6-4-3-5-10(11)14(23)18-12/h3-6H,2,7-9H2,1H3,(H,17,18,23)(H,19,20,21,22). The molecule has 3 rings (SSSR count). The fourth-order valence-corrected chi connectivity index (χ4v) is 3.59. The molecule has 0 saturated carbocycles. The lowest BCUT2D eigenvalue weighted by atomic mass is 10.2. The minimum atomic E-state index is -0.192. The van der Waals surface area contributed by atoms with E-state index in [1.165, 1.54) is 11.5 Å². The maximum Gasteiger partial charge on any atom is 0.258 e. The number of aromatic nitrogens is 4. The Hall–Kier alpha value is -2.26. The number of amides is 1. The molecule has 0 radical (unpaired) electrons. The zero-order valence-electron chi connectivity index (χ0n) is 13.6. The first-order chi connectivity index (χ1) is 12.2. The number of aromatic amines is 1. The number of benzene rings is 1. The summed E-state index contributed by atoms with van der Waals surface area (Å²) in [6, 6.07) is 7.13. The lowest BCUT2D eigenvalue weighted by Gasteiger charge is -2.03. The Bertz CT molecular complexity index is 937. The third-order valence-electron chi connectivity index (χ3n) is 3.34. The van der Waals surface area contributed by atoms with Crippen molar-refractivity contribution in [1.82, 2.24) is 19.3 Å². The van der Waals surface area contributed by atoms with Crippen LogP contribution in [0.25, 0.3) is 10.9 Å². The Morgan fingerprint density at radius 1 is 1.32 bits per heavy atom. The number of aryl methyl sites for hydroxylation is 1. The fourth-order valence-electron chi connectivity index (χ4n) is 2.18. The molecule has 0 bridgehead atoms. The summed E-state index contributed by atoms with van der Waals surface area (Å²) in [7, 11) is 0. The number of fused-ring (bicyclic) bond motifs is 1. The smallest absolute Gasteiger partial charge is 0.258 e. The Morgan fingerprint density at radius 2 is 2.16 bits per heavy atom. The van der Waals surface area contributed by atoms with Crippen molar-refractivity contribution in [2.75, 3.05) is 11.1 Å². The monoisotopic (exact) mass is 375 g/mol. The first-order valence-corrected chi connectivity index (χ1v) is 9.66. The zero-order valence-corrected chi connectivity index (χ0v) is 15.2. The number of carbonyl (C=O) groups is 1. The van der Waals surface area contributed by atoms with Crippen molar-refractivity contribution in [3.8, 4) is 0 Å². The van der Waals surface area contributed by atoms with Gasteiger partial charge >= 0.3 is 0 Å². The summed E-state index contributed by atoms with van der Waals surface area (Å²) in [5.74, 6) is 1.26. The van der Waals surface area contributed by atoms with E-state index in [0.29, 0.717) is 33.4 Å². The number of nitrogens with zero attached hydrogens (tertiary/aromatic N) is 3. The van der Waals surface area contributed by atoms with Gasteiger partial charge in [0.2, 0.25) is 16.2 Å². The van der Waals surface area contributed by atoms with Gasteiger partial charge in [-0.05, 0) is 18.6 Å². The molecule has 25 heavy (non-hydrogen) atoms. The van der Waals surface area contributed by atoms with Crippen molar-refractivity contribution in [3.63, 3.8) is 0 Å². The number of nitrogens with one attached hydrogen (secondary N) is 2. The zero-order chi connectivity index (χ0) is 17.6. The number of para-hydroxylation sites is 1. The molecular weight excluding hydrogens is 358 g/mol. The molecule has 0 unspecified atom stereocenters. The second-order valence-electron chi connectivity index (χ2n) is 5.31. The molecule has 1 aromatic carbocycles. The van der Waals surface area contributed by atoms with E-state index in [0.717, 1.165) is 12.2 Å². The maximum absolute atomic E-state index is 12.1. The van der Waals surface area contributed by atoms with E-state index in [1.807, 2.05) is 6.07 Å². The van der Waals surface area contributed by atoms with Crippen molar-refractivity contribution in [1.29, 1.82) is 0 Å². The van der Waals surface area contributed by atoms with Gasteiger partial charge in [-0.2, -0.15) is 9.36 Å². The fraction of sp³-hybridized carbons (Fsp3) is 0.312.